The average molecular weight is 716 g/mol. The molecule has 0 amide bonds. The number of benzene rings is 7. The van der Waals surface area contributed by atoms with Gasteiger partial charge >= 0.3 is 0 Å². The Labute approximate surface area is 322 Å². The van der Waals surface area contributed by atoms with E-state index in [9.17, 15) is 5.26 Å². The lowest BCUT2D eigenvalue weighted by Gasteiger charge is -2.16. The fourth-order valence-electron chi connectivity index (χ4n) is 7.25. The first kappa shape index (κ1) is 32.7. The lowest BCUT2D eigenvalue weighted by Crippen LogP contribution is -2.00. The van der Waals surface area contributed by atoms with E-state index >= 15 is 0 Å². The van der Waals surface area contributed by atoms with E-state index in [1.165, 1.54) is 0 Å². The SMILES string of the molecule is N#Cc1cc2c(-c3ccc(-c4nc(-c5ccccc5)nc(-c5ccccc5)n4)cc3)nc3ccccc3c2c2nc(-c3ccccc3)c(-c3ccccc3)nc12. The van der Waals surface area contributed by atoms with Crippen LogP contribution in [0, 0.1) is 11.3 Å². The minimum Gasteiger partial charge on any atom is -0.247 e. The molecule has 0 aliphatic rings. The second kappa shape index (κ2) is 13.8. The van der Waals surface area contributed by atoms with Crippen LogP contribution in [0.1, 0.15) is 5.56 Å². The first-order valence-electron chi connectivity index (χ1n) is 18.3. The predicted molar refractivity (Wildman–Crippen MR) is 223 cm³/mol. The van der Waals surface area contributed by atoms with Crippen molar-refractivity contribution in [2.45, 2.75) is 0 Å². The summed E-state index contributed by atoms with van der Waals surface area (Å²) >= 11 is 0. The van der Waals surface area contributed by atoms with Gasteiger partial charge in [-0.25, -0.2) is 29.9 Å². The monoisotopic (exact) mass is 715 g/mol. The van der Waals surface area contributed by atoms with Crippen molar-refractivity contribution in [2.24, 2.45) is 0 Å². The third kappa shape index (κ3) is 5.79. The van der Waals surface area contributed by atoms with Gasteiger partial charge in [-0.2, -0.15) is 5.26 Å². The lowest BCUT2D eigenvalue weighted by molar-refractivity contribution is 1.07. The van der Waals surface area contributed by atoms with Crippen LogP contribution in [0.4, 0.5) is 0 Å². The van der Waals surface area contributed by atoms with E-state index in [1.54, 1.807) is 0 Å². The molecular weight excluding hydrogens is 687 g/mol. The summed E-state index contributed by atoms with van der Waals surface area (Å²) in [6, 6.07) is 60.5. The van der Waals surface area contributed by atoms with E-state index in [4.69, 9.17) is 29.9 Å². The van der Waals surface area contributed by atoms with Crippen molar-refractivity contribution in [3.8, 4) is 74.0 Å². The molecule has 7 nitrogen and oxygen atoms in total. The molecule has 56 heavy (non-hydrogen) atoms. The van der Waals surface area contributed by atoms with Crippen molar-refractivity contribution in [1.82, 2.24) is 29.9 Å². The first-order valence-corrected chi connectivity index (χ1v) is 18.3. The zero-order valence-corrected chi connectivity index (χ0v) is 29.9. The summed E-state index contributed by atoms with van der Waals surface area (Å²) in [4.78, 5) is 30.5. The molecule has 0 aliphatic heterocycles. The maximum Gasteiger partial charge on any atom is 0.164 e. The van der Waals surface area contributed by atoms with Crippen LogP contribution < -0.4 is 0 Å². The minimum absolute atomic E-state index is 0.429. The van der Waals surface area contributed by atoms with Gasteiger partial charge in [0.05, 0.1) is 33.7 Å². The average Bonchev–Trinajstić information content (AvgIpc) is 3.29. The fraction of sp³-hybridized carbons (Fsp3) is 0. The predicted octanol–water partition coefficient (Wildman–Crippen LogP) is 11.4. The van der Waals surface area contributed by atoms with Crippen molar-refractivity contribution in [1.29, 1.82) is 5.26 Å². The molecule has 0 fully saturated rings. The van der Waals surface area contributed by atoms with Gasteiger partial charge in [-0.15, -0.1) is 0 Å². The van der Waals surface area contributed by atoms with Gasteiger partial charge in [0.1, 0.15) is 11.6 Å². The molecule has 0 atom stereocenters. The number of aromatic nitrogens is 6. The van der Waals surface area contributed by atoms with Gasteiger partial charge in [-0.3, -0.25) is 0 Å². The number of nitrogens with zero attached hydrogens (tertiary/aromatic N) is 7. The Morgan fingerprint density at radius 2 is 0.750 bits per heavy atom. The second-order valence-corrected chi connectivity index (χ2v) is 13.4. The summed E-state index contributed by atoms with van der Waals surface area (Å²) in [5.41, 5.74) is 10.1. The maximum absolute atomic E-state index is 10.6. The van der Waals surface area contributed by atoms with Gasteiger partial charge in [-0.1, -0.05) is 164 Å². The third-order valence-corrected chi connectivity index (χ3v) is 9.94. The normalized spacial score (nSPS) is 11.2. The molecule has 3 heterocycles. The summed E-state index contributed by atoms with van der Waals surface area (Å²) in [7, 11) is 0. The standard InChI is InChI=1S/C49H29N7/c50-30-37-29-39-41(46-45(37)52-43(31-15-5-1-6-16-31)44(53-46)32-17-7-2-8-18-32)38-23-13-14-24-40(38)51-42(39)33-25-27-36(28-26-33)49-55-47(34-19-9-3-10-20-34)54-48(56-49)35-21-11-4-12-22-35/h1-29H. The molecular formula is C49H29N7. The molecule has 0 saturated carbocycles. The van der Waals surface area contributed by atoms with Crippen LogP contribution >= 0.6 is 0 Å². The minimum atomic E-state index is 0.429. The summed E-state index contributed by atoms with van der Waals surface area (Å²) in [6.45, 7) is 0. The maximum atomic E-state index is 10.6. The molecule has 0 radical (unpaired) electrons. The van der Waals surface area contributed by atoms with Crippen LogP contribution in [0.5, 0.6) is 0 Å². The van der Waals surface area contributed by atoms with E-state index in [1.807, 2.05) is 170 Å². The molecule has 0 saturated heterocycles. The Hall–Kier alpha value is -7.95. The molecule has 0 N–H and O–H groups in total. The Kier molecular flexibility index (Phi) is 8.05. The number of hydrogen-bond donors (Lipinski definition) is 0. The molecule has 10 aromatic rings. The first-order chi connectivity index (χ1) is 27.7. The topological polar surface area (TPSA) is 101 Å². The lowest BCUT2D eigenvalue weighted by atomic mass is 9.95. The quantitative estimate of drug-likeness (QED) is 0.158. The Morgan fingerprint density at radius 3 is 1.27 bits per heavy atom. The molecule has 3 aromatic heterocycles. The molecule has 10 rings (SSSR count). The number of pyridine rings is 1. The van der Waals surface area contributed by atoms with Crippen molar-refractivity contribution < 1.29 is 0 Å². The van der Waals surface area contributed by atoms with E-state index in [2.05, 4.69) is 12.1 Å². The zero-order chi connectivity index (χ0) is 37.4. The number of nitriles is 1. The van der Waals surface area contributed by atoms with E-state index in [0.717, 1.165) is 72.1 Å². The van der Waals surface area contributed by atoms with E-state index in [-0.39, 0.29) is 0 Å². The summed E-state index contributed by atoms with van der Waals surface area (Å²) in [6.07, 6.45) is 0. The summed E-state index contributed by atoms with van der Waals surface area (Å²) in [5, 5.41) is 13.3. The molecule has 0 spiro atoms. The van der Waals surface area contributed by atoms with Gasteiger partial charge in [-0.05, 0) is 12.1 Å². The van der Waals surface area contributed by atoms with Crippen molar-refractivity contribution >= 4 is 32.7 Å². The number of fused-ring (bicyclic) bond motifs is 5. The zero-order valence-electron chi connectivity index (χ0n) is 29.9. The highest BCUT2D eigenvalue weighted by molar-refractivity contribution is 6.22. The molecule has 7 aromatic carbocycles. The van der Waals surface area contributed by atoms with Crippen LogP contribution in [-0.4, -0.2) is 29.9 Å². The van der Waals surface area contributed by atoms with Crippen LogP contribution in [0.2, 0.25) is 0 Å². The molecule has 260 valence electrons. The summed E-state index contributed by atoms with van der Waals surface area (Å²) in [5.74, 6) is 1.77. The highest BCUT2D eigenvalue weighted by Crippen LogP contribution is 2.40. The molecule has 0 unspecified atom stereocenters. The molecule has 0 bridgehead atoms. The number of para-hydroxylation sites is 1. The van der Waals surface area contributed by atoms with E-state index < -0.39 is 0 Å². The Morgan fingerprint density at radius 1 is 0.339 bits per heavy atom. The van der Waals surface area contributed by atoms with Gasteiger partial charge in [0, 0.05) is 49.5 Å². The van der Waals surface area contributed by atoms with Crippen molar-refractivity contribution in [3.63, 3.8) is 0 Å². The van der Waals surface area contributed by atoms with Crippen molar-refractivity contribution in [2.75, 3.05) is 0 Å². The van der Waals surface area contributed by atoms with Gasteiger partial charge < -0.3 is 0 Å². The highest BCUT2D eigenvalue weighted by atomic mass is 15.0. The van der Waals surface area contributed by atoms with Gasteiger partial charge in [0.15, 0.2) is 17.5 Å². The largest absolute Gasteiger partial charge is 0.247 e. The van der Waals surface area contributed by atoms with Crippen LogP contribution in [0.3, 0.4) is 0 Å². The Balaban J connectivity index is 1.18. The summed E-state index contributed by atoms with van der Waals surface area (Å²) < 4.78 is 0. The van der Waals surface area contributed by atoms with Crippen LogP contribution in [0.15, 0.2) is 176 Å². The molecule has 7 heteroatoms. The number of hydrogen-bond acceptors (Lipinski definition) is 7. The van der Waals surface area contributed by atoms with Crippen molar-refractivity contribution in [3.05, 3.63) is 181 Å². The van der Waals surface area contributed by atoms with E-state index in [0.29, 0.717) is 34.1 Å². The second-order valence-electron chi connectivity index (χ2n) is 13.4. The van der Waals surface area contributed by atoms with Gasteiger partial charge in [0.2, 0.25) is 0 Å². The third-order valence-electron chi connectivity index (χ3n) is 9.94. The Bertz CT molecular complexity index is 3050. The fourth-order valence-corrected chi connectivity index (χ4v) is 7.25. The molecule has 0 aliphatic carbocycles. The van der Waals surface area contributed by atoms with Gasteiger partial charge in [0.25, 0.3) is 0 Å². The van der Waals surface area contributed by atoms with Crippen LogP contribution in [-0.2, 0) is 0 Å². The van der Waals surface area contributed by atoms with Crippen LogP contribution in [0.25, 0.3) is 101 Å². The number of rotatable bonds is 6. The highest BCUT2D eigenvalue weighted by Gasteiger charge is 2.22. The smallest absolute Gasteiger partial charge is 0.164 e.